The molecule has 2 fully saturated rings. The van der Waals surface area contributed by atoms with E-state index < -0.39 is 17.2 Å². The first-order chi connectivity index (χ1) is 13.5. The molecule has 2 aliphatic heterocycles. The van der Waals surface area contributed by atoms with Crippen LogP contribution in [-0.2, 0) is 9.47 Å². The van der Waals surface area contributed by atoms with E-state index in [1.165, 1.54) is 37.4 Å². The summed E-state index contributed by atoms with van der Waals surface area (Å²) in [5, 5.41) is 4.21. The van der Waals surface area contributed by atoms with Gasteiger partial charge in [0.1, 0.15) is 5.82 Å². The molecule has 1 spiro atoms. The van der Waals surface area contributed by atoms with Crippen LogP contribution in [0.4, 0.5) is 4.39 Å². The van der Waals surface area contributed by atoms with Gasteiger partial charge >= 0.3 is 0 Å². The van der Waals surface area contributed by atoms with Gasteiger partial charge < -0.3 is 19.1 Å². The maximum absolute atomic E-state index is 13.2. The van der Waals surface area contributed by atoms with Crippen molar-refractivity contribution in [2.45, 2.75) is 18.6 Å². The predicted octanol–water partition coefficient (Wildman–Crippen LogP) is 1.36. The molecule has 0 atom stereocenters. The maximum Gasteiger partial charge on any atom is 0.278 e. The monoisotopic (exact) mass is 389 g/mol. The highest BCUT2D eigenvalue weighted by Gasteiger charge is 2.41. The molecule has 0 radical (unpaired) electrons. The first kappa shape index (κ1) is 18.6. The molecule has 3 heterocycles. The summed E-state index contributed by atoms with van der Waals surface area (Å²) in [6, 6.07) is 6.49. The second-order valence-electron chi connectivity index (χ2n) is 6.69. The van der Waals surface area contributed by atoms with E-state index in [1.807, 2.05) is 0 Å². The normalized spacial score (nSPS) is 18.4. The topological polar surface area (TPSA) is 82.9 Å². The maximum atomic E-state index is 13.2. The number of aromatic nitrogens is 2. The van der Waals surface area contributed by atoms with Crippen molar-refractivity contribution in [3.8, 4) is 11.4 Å². The molecule has 2 aromatic rings. The number of hydrogen-bond acceptors (Lipinski definition) is 6. The summed E-state index contributed by atoms with van der Waals surface area (Å²) in [6.07, 6.45) is 1.14. The third-order valence-electron chi connectivity index (χ3n) is 5.02. The molecule has 148 valence electrons. The number of hydrogen-bond donors (Lipinski definition) is 0. The van der Waals surface area contributed by atoms with E-state index in [0.717, 1.165) is 4.68 Å². The number of amides is 1. The fourth-order valence-electron chi connectivity index (χ4n) is 3.50. The number of carbonyl (C=O) groups is 1. The van der Waals surface area contributed by atoms with Crippen LogP contribution in [0.3, 0.4) is 0 Å². The van der Waals surface area contributed by atoms with Crippen molar-refractivity contribution in [1.29, 1.82) is 0 Å². The standard InChI is InChI=1S/C19H20FN3O5/c1-26-15-12-16(24)23(14-4-2-13(20)3-5-14)21-17(15)18(25)22-8-6-19(7-9-22)27-10-11-28-19/h2-5,12H,6-11H2,1H3. The molecule has 28 heavy (non-hydrogen) atoms. The van der Waals surface area contributed by atoms with Crippen molar-refractivity contribution >= 4 is 5.91 Å². The molecule has 0 N–H and O–H groups in total. The fraction of sp³-hybridized carbons (Fsp3) is 0.421. The van der Waals surface area contributed by atoms with Gasteiger partial charge in [-0.3, -0.25) is 9.59 Å². The van der Waals surface area contributed by atoms with Crippen LogP contribution in [0.25, 0.3) is 5.69 Å². The van der Waals surface area contributed by atoms with Crippen LogP contribution in [0.5, 0.6) is 5.75 Å². The number of benzene rings is 1. The number of methoxy groups -OCH3 is 1. The third kappa shape index (κ3) is 3.38. The second-order valence-corrected chi connectivity index (χ2v) is 6.69. The van der Waals surface area contributed by atoms with Crippen LogP contribution in [-0.4, -0.2) is 59.8 Å². The lowest BCUT2D eigenvalue weighted by molar-refractivity contribution is -0.181. The number of ether oxygens (including phenoxy) is 3. The van der Waals surface area contributed by atoms with E-state index in [9.17, 15) is 14.0 Å². The van der Waals surface area contributed by atoms with Crippen LogP contribution in [0.2, 0.25) is 0 Å². The molecule has 2 saturated heterocycles. The van der Waals surface area contributed by atoms with Crippen molar-refractivity contribution in [2.75, 3.05) is 33.4 Å². The van der Waals surface area contributed by atoms with Crippen LogP contribution in [0.15, 0.2) is 35.1 Å². The summed E-state index contributed by atoms with van der Waals surface area (Å²) in [6.45, 7) is 2.01. The Bertz CT molecular complexity index is 928. The Morgan fingerprint density at radius 1 is 1.18 bits per heavy atom. The summed E-state index contributed by atoms with van der Waals surface area (Å²) in [4.78, 5) is 27.1. The van der Waals surface area contributed by atoms with Crippen molar-refractivity contribution in [1.82, 2.24) is 14.7 Å². The highest BCUT2D eigenvalue weighted by Crippen LogP contribution is 2.32. The molecular weight excluding hydrogens is 369 g/mol. The number of piperidine rings is 1. The second kappa shape index (κ2) is 7.33. The predicted molar refractivity (Wildman–Crippen MR) is 96.1 cm³/mol. The van der Waals surface area contributed by atoms with Gasteiger partial charge in [0.2, 0.25) is 0 Å². The summed E-state index contributed by atoms with van der Waals surface area (Å²) in [5.74, 6) is -1.27. The van der Waals surface area contributed by atoms with Gasteiger partial charge in [-0.2, -0.15) is 9.78 Å². The lowest BCUT2D eigenvalue weighted by Gasteiger charge is -2.37. The van der Waals surface area contributed by atoms with Crippen molar-refractivity contribution in [3.05, 3.63) is 52.2 Å². The van der Waals surface area contributed by atoms with Crippen LogP contribution in [0, 0.1) is 5.82 Å². The summed E-state index contributed by atoms with van der Waals surface area (Å²) in [5.41, 5.74) is -0.102. The highest BCUT2D eigenvalue weighted by molar-refractivity contribution is 5.94. The third-order valence-corrected chi connectivity index (χ3v) is 5.02. The Morgan fingerprint density at radius 2 is 1.82 bits per heavy atom. The Kier molecular flexibility index (Phi) is 4.86. The zero-order valence-corrected chi connectivity index (χ0v) is 15.4. The Balaban J connectivity index is 1.62. The summed E-state index contributed by atoms with van der Waals surface area (Å²) < 4.78 is 30.8. The van der Waals surface area contributed by atoms with Gasteiger partial charge in [-0.1, -0.05) is 0 Å². The van der Waals surface area contributed by atoms with E-state index in [1.54, 1.807) is 4.90 Å². The first-order valence-electron chi connectivity index (χ1n) is 9.03. The Labute approximate surface area is 160 Å². The minimum Gasteiger partial charge on any atom is -0.494 e. The molecule has 1 aromatic heterocycles. The van der Waals surface area contributed by atoms with E-state index in [4.69, 9.17) is 14.2 Å². The van der Waals surface area contributed by atoms with Gasteiger partial charge in [0.15, 0.2) is 17.2 Å². The van der Waals surface area contributed by atoms with Gasteiger partial charge in [-0.15, -0.1) is 0 Å². The van der Waals surface area contributed by atoms with E-state index in [-0.39, 0.29) is 17.4 Å². The SMILES string of the molecule is COc1cc(=O)n(-c2ccc(F)cc2)nc1C(=O)N1CCC2(CC1)OCCO2. The average molecular weight is 389 g/mol. The average Bonchev–Trinajstić information content (AvgIpc) is 3.16. The van der Waals surface area contributed by atoms with Crippen molar-refractivity contribution in [2.24, 2.45) is 0 Å². The Morgan fingerprint density at radius 3 is 2.43 bits per heavy atom. The number of rotatable bonds is 3. The van der Waals surface area contributed by atoms with Crippen LogP contribution < -0.4 is 10.3 Å². The van der Waals surface area contributed by atoms with Gasteiger partial charge in [0.25, 0.3) is 11.5 Å². The summed E-state index contributed by atoms with van der Waals surface area (Å²) >= 11 is 0. The van der Waals surface area contributed by atoms with Crippen molar-refractivity contribution < 1.29 is 23.4 Å². The molecule has 0 bridgehead atoms. The fourth-order valence-corrected chi connectivity index (χ4v) is 3.50. The lowest BCUT2D eigenvalue weighted by atomic mass is 10.0. The van der Waals surface area contributed by atoms with Crippen LogP contribution >= 0.6 is 0 Å². The van der Waals surface area contributed by atoms with Crippen LogP contribution in [0.1, 0.15) is 23.3 Å². The van der Waals surface area contributed by atoms with E-state index in [2.05, 4.69) is 5.10 Å². The highest BCUT2D eigenvalue weighted by atomic mass is 19.1. The smallest absolute Gasteiger partial charge is 0.278 e. The zero-order valence-electron chi connectivity index (χ0n) is 15.4. The van der Waals surface area contributed by atoms with Gasteiger partial charge in [-0.05, 0) is 24.3 Å². The van der Waals surface area contributed by atoms with E-state index in [0.29, 0.717) is 44.8 Å². The zero-order chi connectivity index (χ0) is 19.7. The molecule has 0 saturated carbocycles. The number of likely N-dealkylation sites (tertiary alicyclic amines) is 1. The molecule has 4 rings (SSSR count). The summed E-state index contributed by atoms with van der Waals surface area (Å²) in [7, 11) is 1.38. The number of halogens is 1. The minimum atomic E-state index is -0.596. The molecule has 9 heteroatoms. The first-order valence-corrected chi connectivity index (χ1v) is 9.03. The molecule has 8 nitrogen and oxygen atoms in total. The largest absolute Gasteiger partial charge is 0.494 e. The molecule has 1 amide bonds. The molecule has 1 aromatic carbocycles. The lowest BCUT2D eigenvalue weighted by Crippen LogP contribution is -2.47. The number of nitrogens with zero attached hydrogens (tertiary/aromatic N) is 3. The van der Waals surface area contributed by atoms with Gasteiger partial charge in [0.05, 0.1) is 32.1 Å². The Hall–Kier alpha value is -2.78. The molecular formula is C19H20FN3O5. The van der Waals surface area contributed by atoms with Gasteiger partial charge in [0, 0.05) is 25.9 Å². The minimum absolute atomic E-state index is 0.0237. The quantitative estimate of drug-likeness (QED) is 0.788. The molecule has 0 aliphatic carbocycles. The van der Waals surface area contributed by atoms with Gasteiger partial charge in [-0.25, -0.2) is 4.39 Å². The molecule has 2 aliphatic rings. The van der Waals surface area contributed by atoms with E-state index >= 15 is 0 Å². The molecule has 0 unspecified atom stereocenters. The number of carbonyl (C=O) groups excluding carboxylic acids is 1. The van der Waals surface area contributed by atoms with Crippen molar-refractivity contribution in [3.63, 3.8) is 0 Å².